The normalized spacial score (nSPS) is 42.0. The zero-order valence-electron chi connectivity index (χ0n) is 9.35. The van der Waals surface area contributed by atoms with Crippen LogP contribution in [0.3, 0.4) is 0 Å². The van der Waals surface area contributed by atoms with E-state index in [0.717, 1.165) is 6.54 Å². The van der Waals surface area contributed by atoms with Crippen molar-refractivity contribution in [3.05, 3.63) is 0 Å². The van der Waals surface area contributed by atoms with Crippen LogP contribution in [0.1, 0.15) is 34.6 Å². The number of ether oxygens (including phenoxy) is 1. The van der Waals surface area contributed by atoms with E-state index >= 15 is 0 Å². The molecule has 0 aromatic rings. The minimum atomic E-state index is -0.958. The molecule has 1 aliphatic heterocycles. The molecule has 1 rings (SSSR count). The second kappa shape index (κ2) is 3.23. The van der Waals surface area contributed by atoms with E-state index in [-0.39, 0.29) is 11.6 Å². The fraction of sp³-hybridized carbons (Fsp3) is 1.00. The maximum atomic E-state index is 9.84. The van der Waals surface area contributed by atoms with Gasteiger partial charge >= 0.3 is 0 Å². The molecule has 1 fully saturated rings. The lowest BCUT2D eigenvalue weighted by molar-refractivity contribution is -0.967. The Labute approximate surface area is 80.7 Å². The Morgan fingerprint density at radius 3 is 2.38 bits per heavy atom. The molecule has 0 aliphatic carbocycles. The van der Waals surface area contributed by atoms with Gasteiger partial charge in [-0.25, -0.2) is 0 Å². The average Bonchev–Trinajstić information content (AvgIpc) is 1.79. The maximum absolute atomic E-state index is 9.84. The predicted octanol–water partition coefficient (Wildman–Crippen LogP) is -0.203. The Morgan fingerprint density at radius 2 is 2.00 bits per heavy atom. The zero-order valence-corrected chi connectivity index (χ0v) is 9.35. The van der Waals surface area contributed by atoms with Gasteiger partial charge in [0, 0.05) is 0 Å². The van der Waals surface area contributed by atoms with Gasteiger partial charge in [0.25, 0.3) is 0 Å². The summed E-state index contributed by atoms with van der Waals surface area (Å²) in [5.74, 6) is -0.958. The molecule has 0 spiro atoms. The van der Waals surface area contributed by atoms with E-state index in [4.69, 9.17) is 4.74 Å². The van der Waals surface area contributed by atoms with Gasteiger partial charge in [0.2, 0.25) is 5.79 Å². The van der Waals surface area contributed by atoms with Gasteiger partial charge in [-0.15, -0.1) is 0 Å². The number of hydrogen-bond donors (Lipinski definition) is 2. The van der Waals surface area contributed by atoms with E-state index in [1.807, 2.05) is 6.92 Å². The zero-order chi connectivity index (χ0) is 10.3. The molecule has 1 saturated heterocycles. The lowest BCUT2D eigenvalue weighted by Gasteiger charge is -2.43. The fourth-order valence-corrected chi connectivity index (χ4v) is 1.90. The van der Waals surface area contributed by atoms with E-state index in [1.165, 1.54) is 4.90 Å². The first-order valence-electron chi connectivity index (χ1n) is 4.96. The van der Waals surface area contributed by atoms with Crippen LogP contribution in [0.15, 0.2) is 0 Å². The van der Waals surface area contributed by atoms with Crippen molar-refractivity contribution in [2.45, 2.75) is 52.0 Å². The van der Waals surface area contributed by atoms with Crippen LogP contribution in [0.5, 0.6) is 0 Å². The van der Waals surface area contributed by atoms with Crippen LogP contribution in [0.25, 0.3) is 0 Å². The van der Waals surface area contributed by atoms with Gasteiger partial charge in [0.05, 0.1) is 5.54 Å². The van der Waals surface area contributed by atoms with E-state index < -0.39 is 5.79 Å². The number of quaternary nitrogens is 1. The van der Waals surface area contributed by atoms with Gasteiger partial charge in [-0.3, -0.25) is 0 Å². The molecular weight excluding hydrogens is 166 g/mol. The third-order valence-corrected chi connectivity index (χ3v) is 2.59. The molecule has 3 atom stereocenters. The highest BCUT2D eigenvalue weighted by Gasteiger charge is 2.41. The van der Waals surface area contributed by atoms with Crippen molar-refractivity contribution >= 4 is 0 Å². The first-order valence-corrected chi connectivity index (χ1v) is 4.96. The summed E-state index contributed by atoms with van der Waals surface area (Å²) in [7, 11) is 0. The van der Waals surface area contributed by atoms with Crippen molar-refractivity contribution in [1.29, 1.82) is 0 Å². The fourth-order valence-electron chi connectivity index (χ4n) is 1.90. The molecule has 0 bridgehead atoms. The van der Waals surface area contributed by atoms with Gasteiger partial charge in [0.15, 0.2) is 0 Å². The topological polar surface area (TPSA) is 33.9 Å². The highest BCUT2D eigenvalue weighted by atomic mass is 16.6. The first-order chi connectivity index (χ1) is 5.71. The molecule has 1 aliphatic rings. The van der Waals surface area contributed by atoms with Crippen LogP contribution in [-0.4, -0.2) is 35.6 Å². The van der Waals surface area contributed by atoms with Crippen molar-refractivity contribution in [2.24, 2.45) is 0 Å². The monoisotopic (exact) mass is 188 g/mol. The van der Waals surface area contributed by atoms with Gasteiger partial charge in [-0.2, -0.15) is 0 Å². The highest BCUT2D eigenvalue weighted by molar-refractivity contribution is 4.69. The van der Waals surface area contributed by atoms with Crippen molar-refractivity contribution in [2.75, 3.05) is 13.1 Å². The Kier molecular flexibility index (Phi) is 2.72. The van der Waals surface area contributed by atoms with Gasteiger partial charge in [-0.1, -0.05) is 0 Å². The molecule has 0 amide bonds. The van der Waals surface area contributed by atoms with E-state index in [0.29, 0.717) is 6.54 Å². The summed E-state index contributed by atoms with van der Waals surface area (Å²) < 4.78 is 5.43. The van der Waals surface area contributed by atoms with Crippen LogP contribution in [0.4, 0.5) is 0 Å². The first kappa shape index (κ1) is 11.0. The van der Waals surface area contributed by atoms with Crippen LogP contribution >= 0.6 is 0 Å². The summed E-state index contributed by atoms with van der Waals surface area (Å²) in [5, 5.41) is 9.84. The smallest absolute Gasteiger partial charge is 0.213 e. The summed E-state index contributed by atoms with van der Waals surface area (Å²) in [5.41, 5.74) is 0.183. The molecule has 3 heteroatoms. The average molecular weight is 188 g/mol. The third-order valence-electron chi connectivity index (χ3n) is 2.59. The Morgan fingerprint density at radius 1 is 1.46 bits per heavy atom. The number of nitrogens with one attached hydrogen (secondary N) is 1. The SMILES string of the molecule is C[C@@H]1C[NH+](C(C)(C)C)C[C@@](C)(O)O1. The molecule has 0 aromatic heterocycles. The number of aliphatic hydroxyl groups is 1. The maximum Gasteiger partial charge on any atom is 0.213 e. The van der Waals surface area contributed by atoms with E-state index in [9.17, 15) is 5.11 Å². The van der Waals surface area contributed by atoms with Crippen LogP contribution in [0, 0.1) is 0 Å². The van der Waals surface area contributed by atoms with Crippen molar-refractivity contribution in [3.8, 4) is 0 Å². The number of rotatable bonds is 0. The molecular formula is C10H22NO2+. The van der Waals surface area contributed by atoms with Crippen molar-refractivity contribution in [3.63, 3.8) is 0 Å². The molecule has 78 valence electrons. The Bertz CT molecular complexity index is 184. The summed E-state index contributed by atoms with van der Waals surface area (Å²) in [6, 6.07) is 0. The number of morpholine rings is 1. The molecule has 1 unspecified atom stereocenters. The van der Waals surface area contributed by atoms with Crippen molar-refractivity contribution < 1.29 is 14.7 Å². The number of hydrogen-bond acceptors (Lipinski definition) is 2. The Hall–Kier alpha value is -0.120. The summed E-state index contributed by atoms with van der Waals surface area (Å²) in [6.45, 7) is 12.0. The second-order valence-corrected chi connectivity index (χ2v) is 5.34. The predicted molar refractivity (Wildman–Crippen MR) is 51.6 cm³/mol. The van der Waals surface area contributed by atoms with Crippen LogP contribution in [0.2, 0.25) is 0 Å². The van der Waals surface area contributed by atoms with Gasteiger partial charge < -0.3 is 14.7 Å². The molecule has 13 heavy (non-hydrogen) atoms. The van der Waals surface area contributed by atoms with E-state index in [1.54, 1.807) is 6.92 Å². The quantitative estimate of drug-likeness (QED) is 0.552. The van der Waals surface area contributed by atoms with Gasteiger partial charge in [0.1, 0.15) is 19.2 Å². The minimum Gasteiger partial charge on any atom is -0.361 e. The highest BCUT2D eigenvalue weighted by Crippen LogP contribution is 2.11. The lowest BCUT2D eigenvalue weighted by atomic mass is 10.0. The molecule has 3 nitrogen and oxygen atoms in total. The van der Waals surface area contributed by atoms with Crippen molar-refractivity contribution in [1.82, 2.24) is 0 Å². The van der Waals surface area contributed by atoms with E-state index in [2.05, 4.69) is 20.8 Å². The summed E-state index contributed by atoms with van der Waals surface area (Å²) in [6.07, 6.45) is 0.137. The van der Waals surface area contributed by atoms with Gasteiger partial charge in [-0.05, 0) is 34.6 Å². The summed E-state index contributed by atoms with van der Waals surface area (Å²) >= 11 is 0. The van der Waals surface area contributed by atoms with Crippen LogP contribution < -0.4 is 4.90 Å². The molecule has 0 aromatic carbocycles. The Balaban J connectivity index is 2.69. The molecule has 0 radical (unpaired) electrons. The van der Waals surface area contributed by atoms with Crippen LogP contribution in [-0.2, 0) is 4.74 Å². The molecule has 1 heterocycles. The summed E-state index contributed by atoms with van der Waals surface area (Å²) in [4.78, 5) is 1.40. The second-order valence-electron chi connectivity index (χ2n) is 5.34. The molecule has 0 saturated carbocycles. The lowest BCUT2D eigenvalue weighted by Crippen LogP contribution is -3.22. The standard InChI is InChI=1S/C10H21NO2/c1-8-6-11(9(2,3)4)7-10(5,12)13-8/h8,12H,6-7H2,1-5H3/p+1/t8-,10+/m1/s1. The third kappa shape index (κ3) is 2.93. The largest absolute Gasteiger partial charge is 0.361 e. The minimum absolute atomic E-state index is 0.137. The molecule has 2 N–H and O–H groups in total.